The number of carbonyl (C=O) groups is 1. The zero-order valence-corrected chi connectivity index (χ0v) is 16.2. The van der Waals surface area contributed by atoms with E-state index in [-0.39, 0.29) is 12.3 Å². The van der Waals surface area contributed by atoms with Gasteiger partial charge in [-0.2, -0.15) is 0 Å². The predicted molar refractivity (Wildman–Crippen MR) is 107 cm³/mol. The largest absolute Gasteiger partial charge is 0.493 e. The molecule has 1 heterocycles. The van der Waals surface area contributed by atoms with Gasteiger partial charge in [0, 0.05) is 5.38 Å². The number of hydrogen-bond acceptors (Lipinski definition) is 4. The summed E-state index contributed by atoms with van der Waals surface area (Å²) in [5.74, 6) is 0.650. The van der Waals surface area contributed by atoms with Gasteiger partial charge in [-0.05, 0) is 43.7 Å². The molecule has 0 radical (unpaired) electrons. The van der Waals surface area contributed by atoms with Crippen molar-refractivity contribution in [3.8, 4) is 16.3 Å². The number of thiazole rings is 1. The zero-order valence-electron chi connectivity index (χ0n) is 14.6. The number of rotatable bonds is 6. The Bertz CT molecular complexity index is 924. The first kappa shape index (κ1) is 18.4. The van der Waals surface area contributed by atoms with Gasteiger partial charge in [-0.15, -0.1) is 11.3 Å². The summed E-state index contributed by atoms with van der Waals surface area (Å²) in [6.45, 7) is 4.49. The van der Waals surface area contributed by atoms with Gasteiger partial charge in [0.25, 0.3) is 0 Å². The lowest BCUT2D eigenvalue weighted by Crippen LogP contribution is -2.14. The molecule has 0 atom stereocenters. The van der Waals surface area contributed by atoms with Crippen LogP contribution < -0.4 is 10.1 Å². The molecule has 0 spiro atoms. The fourth-order valence-corrected chi connectivity index (χ4v) is 3.65. The molecule has 6 heteroatoms. The molecule has 0 aliphatic rings. The van der Waals surface area contributed by atoms with E-state index in [2.05, 4.69) is 10.3 Å². The Hall–Kier alpha value is -2.37. The number of aryl methyl sites for hydroxylation is 1. The Kier molecular flexibility index (Phi) is 5.91. The Morgan fingerprint density at radius 1 is 1.27 bits per heavy atom. The first-order valence-electron chi connectivity index (χ1n) is 8.29. The van der Waals surface area contributed by atoms with Gasteiger partial charge >= 0.3 is 0 Å². The molecule has 1 N–H and O–H groups in total. The molecule has 1 aromatic heterocycles. The van der Waals surface area contributed by atoms with Gasteiger partial charge in [0.1, 0.15) is 10.8 Å². The molecular formula is C20H19ClN2O2S. The SMILES string of the molecule is CCOc1ccccc1-c1nc(CC(=O)Nc2ccc(C)cc2Cl)cs1. The van der Waals surface area contributed by atoms with Gasteiger partial charge < -0.3 is 10.1 Å². The average molecular weight is 387 g/mol. The quantitative estimate of drug-likeness (QED) is 0.621. The van der Waals surface area contributed by atoms with E-state index in [4.69, 9.17) is 16.3 Å². The number of benzene rings is 2. The standard InChI is InChI=1S/C20H19ClN2O2S/c1-3-25-18-7-5-4-6-15(18)20-22-14(12-26-20)11-19(24)23-17-9-8-13(2)10-16(17)21/h4-10,12H,3,11H2,1-2H3,(H,23,24). The Morgan fingerprint density at radius 2 is 2.08 bits per heavy atom. The molecule has 2 aromatic carbocycles. The van der Waals surface area contributed by atoms with Crippen molar-refractivity contribution in [2.75, 3.05) is 11.9 Å². The highest BCUT2D eigenvalue weighted by Crippen LogP contribution is 2.32. The van der Waals surface area contributed by atoms with Crippen molar-refractivity contribution in [3.63, 3.8) is 0 Å². The molecule has 4 nitrogen and oxygen atoms in total. The van der Waals surface area contributed by atoms with Gasteiger partial charge in [-0.25, -0.2) is 4.98 Å². The molecule has 26 heavy (non-hydrogen) atoms. The molecule has 3 rings (SSSR count). The van der Waals surface area contributed by atoms with E-state index in [9.17, 15) is 4.79 Å². The fourth-order valence-electron chi connectivity index (χ4n) is 2.52. The lowest BCUT2D eigenvalue weighted by atomic mass is 10.2. The normalized spacial score (nSPS) is 10.6. The summed E-state index contributed by atoms with van der Waals surface area (Å²) >= 11 is 7.66. The molecule has 0 saturated heterocycles. The van der Waals surface area contributed by atoms with Crippen LogP contribution in [0.1, 0.15) is 18.2 Å². The molecule has 0 unspecified atom stereocenters. The summed E-state index contributed by atoms with van der Waals surface area (Å²) in [7, 11) is 0. The fraction of sp³-hybridized carbons (Fsp3) is 0.200. The number of anilines is 1. The Morgan fingerprint density at radius 3 is 2.85 bits per heavy atom. The van der Waals surface area contributed by atoms with Gasteiger partial charge in [0.15, 0.2) is 0 Å². The minimum absolute atomic E-state index is 0.148. The second-order valence-corrected chi connectivity index (χ2v) is 7.05. The monoisotopic (exact) mass is 386 g/mol. The molecule has 1 amide bonds. The molecule has 0 aliphatic heterocycles. The highest BCUT2D eigenvalue weighted by molar-refractivity contribution is 7.13. The van der Waals surface area contributed by atoms with Crippen LogP contribution >= 0.6 is 22.9 Å². The van der Waals surface area contributed by atoms with Crippen LogP contribution in [0.3, 0.4) is 0 Å². The number of amides is 1. The van der Waals surface area contributed by atoms with Crippen molar-refractivity contribution >= 4 is 34.5 Å². The summed E-state index contributed by atoms with van der Waals surface area (Å²) in [4.78, 5) is 16.9. The van der Waals surface area contributed by atoms with Crippen LogP contribution in [0.5, 0.6) is 5.75 Å². The van der Waals surface area contributed by atoms with Gasteiger partial charge in [-0.3, -0.25) is 4.79 Å². The van der Waals surface area contributed by atoms with E-state index >= 15 is 0 Å². The van der Waals surface area contributed by atoms with Gasteiger partial charge in [0.05, 0.1) is 35.0 Å². The second-order valence-electron chi connectivity index (χ2n) is 5.78. The van der Waals surface area contributed by atoms with Crippen LogP contribution in [0.15, 0.2) is 47.8 Å². The van der Waals surface area contributed by atoms with Crippen molar-refractivity contribution in [1.29, 1.82) is 0 Å². The molecular weight excluding hydrogens is 368 g/mol. The smallest absolute Gasteiger partial charge is 0.230 e. The number of halogens is 1. The van der Waals surface area contributed by atoms with Crippen molar-refractivity contribution in [2.24, 2.45) is 0 Å². The summed E-state index contributed by atoms with van der Waals surface area (Å²) < 4.78 is 5.66. The molecule has 0 fully saturated rings. The Labute approximate surface area is 161 Å². The van der Waals surface area contributed by atoms with Gasteiger partial charge in [-0.1, -0.05) is 29.8 Å². The van der Waals surface area contributed by atoms with Crippen LogP contribution in [0, 0.1) is 6.92 Å². The van der Waals surface area contributed by atoms with E-state index in [0.29, 0.717) is 17.3 Å². The number of para-hydroxylation sites is 1. The van der Waals surface area contributed by atoms with E-state index in [0.717, 1.165) is 27.6 Å². The summed E-state index contributed by atoms with van der Waals surface area (Å²) in [5.41, 5.74) is 3.31. The molecule has 134 valence electrons. The maximum absolute atomic E-state index is 12.3. The number of hydrogen-bond donors (Lipinski definition) is 1. The molecule has 3 aromatic rings. The average Bonchev–Trinajstić information content (AvgIpc) is 3.06. The zero-order chi connectivity index (χ0) is 18.5. The van der Waals surface area contributed by atoms with Crippen molar-refractivity contribution in [1.82, 2.24) is 4.98 Å². The molecule has 0 saturated carbocycles. The number of aromatic nitrogens is 1. The Balaban J connectivity index is 1.71. The summed E-state index contributed by atoms with van der Waals surface area (Å²) in [6, 6.07) is 13.3. The van der Waals surface area contributed by atoms with Crippen molar-refractivity contribution in [3.05, 3.63) is 64.1 Å². The number of nitrogens with zero attached hydrogens (tertiary/aromatic N) is 1. The third kappa shape index (κ3) is 4.42. The van der Waals surface area contributed by atoms with Crippen LogP contribution in [0.4, 0.5) is 5.69 Å². The van der Waals surface area contributed by atoms with E-state index in [1.807, 2.05) is 55.6 Å². The predicted octanol–water partition coefficient (Wildman–Crippen LogP) is 5.35. The van der Waals surface area contributed by atoms with Crippen LogP contribution in [-0.4, -0.2) is 17.5 Å². The highest BCUT2D eigenvalue weighted by atomic mass is 35.5. The number of ether oxygens (including phenoxy) is 1. The van der Waals surface area contributed by atoms with Crippen LogP contribution in [-0.2, 0) is 11.2 Å². The van der Waals surface area contributed by atoms with E-state index in [1.165, 1.54) is 11.3 Å². The van der Waals surface area contributed by atoms with Gasteiger partial charge in [0.2, 0.25) is 5.91 Å². The lowest BCUT2D eigenvalue weighted by Gasteiger charge is -2.08. The van der Waals surface area contributed by atoms with Crippen molar-refractivity contribution < 1.29 is 9.53 Å². The lowest BCUT2D eigenvalue weighted by molar-refractivity contribution is -0.115. The second kappa shape index (κ2) is 8.34. The molecule has 0 aliphatic carbocycles. The first-order chi connectivity index (χ1) is 12.6. The van der Waals surface area contributed by atoms with E-state index < -0.39 is 0 Å². The van der Waals surface area contributed by atoms with Crippen LogP contribution in [0.2, 0.25) is 5.02 Å². The topological polar surface area (TPSA) is 51.2 Å². The third-order valence-corrected chi connectivity index (χ3v) is 4.95. The summed E-state index contributed by atoms with van der Waals surface area (Å²) in [5, 5.41) is 6.10. The minimum atomic E-state index is -0.148. The minimum Gasteiger partial charge on any atom is -0.493 e. The number of nitrogens with one attached hydrogen (secondary N) is 1. The molecule has 0 bridgehead atoms. The first-order valence-corrected chi connectivity index (χ1v) is 9.55. The highest BCUT2D eigenvalue weighted by Gasteiger charge is 2.13. The summed E-state index contributed by atoms with van der Waals surface area (Å²) in [6.07, 6.45) is 0.192. The third-order valence-electron chi connectivity index (χ3n) is 3.71. The number of carbonyl (C=O) groups excluding carboxylic acids is 1. The van der Waals surface area contributed by atoms with Crippen molar-refractivity contribution in [2.45, 2.75) is 20.3 Å². The van der Waals surface area contributed by atoms with E-state index in [1.54, 1.807) is 6.07 Å². The maximum Gasteiger partial charge on any atom is 0.230 e. The van der Waals surface area contributed by atoms with Crippen LogP contribution in [0.25, 0.3) is 10.6 Å². The maximum atomic E-state index is 12.3.